The Morgan fingerprint density at radius 2 is 1.95 bits per heavy atom. The molecule has 1 heterocycles. The van der Waals surface area contributed by atoms with Gasteiger partial charge in [-0.15, -0.1) is 0 Å². The maximum atomic E-state index is 12.5. The Kier molecular flexibility index (Phi) is 3.72. The number of rotatable bonds is 3. The van der Waals surface area contributed by atoms with Gasteiger partial charge < -0.3 is 10.6 Å². The summed E-state index contributed by atoms with van der Waals surface area (Å²) in [7, 11) is 0. The molecule has 3 rings (SSSR count). The van der Waals surface area contributed by atoms with E-state index in [2.05, 4.69) is 17.0 Å². The second kappa shape index (κ2) is 5.50. The van der Waals surface area contributed by atoms with Crippen LogP contribution in [0.2, 0.25) is 0 Å². The first-order valence-corrected chi connectivity index (χ1v) is 7.43. The highest BCUT2D eigenvalue weighted by atomic mass is 32.1. The topological polar surface area (TPSA) is 49.6 Å². The van der Waals surface area contributed by atoms with Gasteiger partial charge in [-0.3, -0.25) is 9.69 Å². The van der Waals surface area contributed by atoms with Gasteiger partial charge in [-0.1, -0.05) is 36.5 Å². The highest BCUT2D eigenvalue weighted by Crippen LogP contribution is 2.36. The van der Waals surface area contributed by atoms with Gasteiger partial charge in [0.05, 0.1) is 10.9 Å². The van der Waals surface area contributed by atoms with Gasteiger partial charge in [0.15, 0.2) is 0 Å². The van der Waals surface area contributed by atoms with Gasteiger partial charge in [-0.25, -0.2) is 0 Å². The van der Waals surface area contributed by atoms with Gasteiger partial charge >= 0.3 is 0 Å². The third kappa shape index (κ3) is 2.55. The van der Waals surface area contributed by atoms with Crippen LogP contribution in [-0.2, 0) is 11.2 Å². The van der Waals surface area contributed by atoms with Crippen LogP contribution in [0.1, 0.15) is 17.0 Å². The fraction of sp³-hybridized carbons (Fsp3) is 0.467. The van der Waals surface area contributed by atoms with E-state index >= 15 is 0 Å². The zero-order valence-electron chi connectivity index (χ0n) is 11.4. The predicted octanol–water partition coefficient (Wildman–Crippen LogP) is 0.757. The number of nitrogens with zero attached hydrogens (tertiary/aromatic N) is 2. The zero-order valence-corrected chi connectivity index (χ0v) is 12.2. The van der Waals surface area contributed by atoms with E-state index in [0.29, 0.717) is 11.5 Å². The van der Waals surface area contributed by atoms with Gasteiger partial charge in [-0.05, 0) is 17.5 Å². The smallest absolute Gasteiger partial charge is 0.230 e. The molecule has 0 radical (unpaired) electrons. The Morgan fingerprint density at radius 1 is 1.25 bits per heavy atom. The molecule has 1 fully saturated rings. The van der Waals surface area contributed by atoms with Crippen molar-refractivity contribution in [1.82, 2.24) is 9.80 Å². The molecular formula is C15H19N3OS. The lowest BCUT2D eigenvalue weighted by Gasteiger charge is -2.39. The van der Waals surface area contributed by atoms with E-state index in [1.165, 1.54) is 11.1 Å². The Morgan fingerprint density at radius 3 is 2.60 bits per heavy atom. The minimum atomic E-state index is 0.0772. The van der Waals surface area contributed by atoms with Crippen LogP contribution >= 0.6 is 12.2 Å². The molecule has 2 N–H and O–H groups in total. The van der Waals surface area contributed by atoms with Crippen LogP contribution in [0.4, 0.5) is 0 Å². The summed E-state index contributed by atoms with van der Waals surface area (Å²) in [4.78, 5) is 17.2. The SMILES string of the molecule is NC(=S)CN1CCN(C(=O)C2Cc3ccccc32)CC1. The Balaban J connectivity index is 1.57. The molecule has 1 aromatic carbocycles. The monoisotopic (exact) mass is 289 g/mol. The normalized spacial score (nSPS) is 22.0. The number of carbonyl (C=O) groups is 1. The van der Waals surface area contributed by atoms with Gasteiger partial charge in [0.2, 0.25) is 5.91 Å². The minimum Gasteiger partial charge on any atom is -0.392 e. The molecule has 106 valence electrons. The van der Waals surface area contributed by atoms with Crippen molar-refractivity contribution in [2.24, 2.45) is 5.73 Å². The maximum Gasteiger partial charge on any atom is 0.230 e. The van der Waals surface area contributed by atoms with E-state index in [-0.39, 0.29) is 11.8 Å². The number of carbonyl (C=O) groups excluding carboxylic acids is 1. The molecule has 5 heteroatoms. The zero-order chi connectivity index (χ0) is 14.1. The summed E-state index contributed by atoms with van der Waals surface area (Å²) in [5, 5.41) is 0. The lowest BCUT2D eigenvalue weighted by atomic mass is 9.77. The van der Waals surface area contributed by atoms with Crippen molar-refractivity contribution in [3.05, 3.63) is 35.4 Å². The second-order valence-corrected chi connectivity index (χ2v) is 6.05. The summed E-state index contributed by atoms with van der Waals surface area (Å²) in [5.41, 5.74) is 8.09. The van der Waals surface area contributed by atoms with Crippen LogP contribution in [0, 0.1) is 0 Å². The van der Waals surface area contributed by atoms with Crippen LogP contribution < -0.4 is 5.73 Å². The van der Waals surface area contributed by atoms with Crippen LogP contribution in [0.25, 0.3) is 0 Å². The Bertz CT molecular complexity index is 538. The van der Waals surface area contributed by atoms with Crippen molar-refractivity contribution in [2.75, 3.05) is 32.7 Å². The van der Waals surface area contributed by atoms with Crippen LogP contribution in [-0.4, -0.2) is 53.4 Å². The molecule has 20 heavy (non-hydrogen) atoms. The number of nitrogens with two attached hydrogens (primary N) is 1. The number of thiocarbonyl (C=S) groups is 1. The quantitative estimate of drug-likeness (QED) is 0.835. The van der Waals surface area contributed by atoms with E-state index in [0.717, 1.165) is 32.6 Å². The predicted molar refractivity (Wildman–Crippen MR) is 82.7 cm³/mol. The molecule has 1 aliphatic carbocycles. The number of hydrogen-bond acceptors (Lipinski definition) is 3. The van der Waals surface area contributed by atoms with Gasteiger partial charge in [0, 0.05) is 32.7 Å². The summed E-state index contributed by atoms with van der Waals surface area (Å²) >= 11 is 4.93. The Hall–Kier alpha value is -1.46. The van der Waals surface area contributed by atoms with Crippen LogP contribution in [0.15, 0.2) is 24.3 Å². The standard InChI is InChI=1S/C15H19N3OS/c16-14(20)10-17-5-7-18(8-6-17)15(19)13-9-11-3-1-2-4-12(11)13/h1-4,13H,5-10H2,(H2,16,20). The number of hydrogen-bond donors (Lipinski definition) is 1. The van der Waals surface area contributed by atoms with Crippen molar-refractivity contribution >= 4 is 23.1 Å². The molecule has 0 aromatic heterocycles. The molecular weight excluding hydrogens is 270 g/mol. The first-order chi connectivity index (χ1) is 9.65. The van der Waals surface area contributed by atoms with Gasteiger partial charge in [0.25, 0.3) is 0 Å². The maximum absolute atomic E-state index is 12.5. The van der Waals surface area contributed by atoms with Crippen molar-refractivity contribution in [3.63, 3.8) is 0 Å². The molecule has 0 bridgehead atoms. The molecule has 4 nitrogen and oxygen atoms in total. The molecule has 1 saturated heterocycles. The van der Waals surface area contributed by atoms with E-state index in [4.69, 9.17) is 18.0 Å². The largest absolute Gasteiger partial charge is 0.392 e. The first-order valence-electron chi connectivity index (χ1n) is 7.02. The molecule has 1 amide bonds. The average molecular weight is 289 g/mol. The molecule has 1 aliphatic heterocycles. The highest BCUT2D eigenvalue weighted by molar-refractivity contribution is 7.80. The lowest BCUT2D eigenvalue weighted by Crippen LogP contribution is -2.52. The van der Waals surface area contributed by atoms with E-state index in [1.807, 2.05) is 17.0 Å². The fourth-order valence-corrected chi connectivity index (χ4v) is 3.23. The molecule has 2 aliphatic rings. The average Bonchev–Trinajstić information content (AvgIpc) is 2.40. The van der Waals surface area contributed by atoms with Crippen molar-refractivity contribution in [2.45, 2.75) is 12.3 Å². The second-order valence-electron chi connectivity index (χ2n) is 5.52. The first kappa shape index (κ1) is 13.5. The van der Waals surface area contributed by atoms with E-state index in [9.17, 15) is 4.79 Å². The molecule has 0 spiro atoms. The number of benzene rings is 1. The molecule has 1 aromatic rings. The van der Waals surface area contributed by atoms with Gasteiger partial charge in [0.1, 0.15) is 0 Å². The minimum absolute atomic E-state index is 0.0772. The lowest BCUT2D eigenvalue weighted by molar-refractivity contribution is -0.135. The third-order valence-electron chi connectivity index (χ3n) is 4.22. The Labute approximate surface area is 124 Å². The summed E-state index contributed by atoms with van der Waals surface area (Å²) < 4.78 is 0. The van der Waals surface area contributed by atoms with Crippen molar-refractivity contribution < 1.29 is 4.79 Å². The van der Waals surface area contributed by atoms with Crippen LogP contribution in [0.3, 0.4) is 0 Å². The van der Waals surface area contributed by atoms with E-state index in [1.54, 1.807) is 0 Å². The van der Waals surface area contributed by atoms with E-state index < -0.39 is 0 Å². The summed E-state index contributed by atoms with van der Waals surface area (Å²) in [6.07, 6.45) is 0.891. The summed E-state index contributed by atoms with van der Waals surface area (Å²) in [5.74, 6) is 0.354. The van der Waals surface area contributed by atoms with Crippen molar-refractivity contribution in [1.29, 1.82) is 0 Å². The highest BCUT2D eigenvalue weighted by Gasteiger charge is 2.35. The van der Waals surface area contributed by atoms with Crippen molar-refractivity contribution in [3.8, 4) is 0 Å². The summed E-state index contributed by atoms with van der Waals surface area (Å²) in [6.45, 7) is 3.93. The number of piperazine rings is 1. The molecule has 1 atom stereocenters. The number of amides is 1. The van der Waals surface area contributed by atoms with Gasteiger partial charge in [-0.2, -0.15) is 0 Å². The third-order valence-corrected chi connectivity index (χ3v) is 4.35. The van der Waals surface area contributed by atoms with Crippen LogP contribution in [0.5, 0.6) is 0 Å². The fourth-order valence-electron chi connectivity index (χ4n) is 3.05. The molecule has 0 saturated carbocycles. The number of fused-ring (bicyclic) bond motifs is 1. The molecule has 1 unspecified atom stereocenters. The summed E-state index contributed by atoms with van der Waals surface area (Å²) in [6, 6.07) is 8.23.